The van der Waals surface area contributed by atoms with Gasteiger partial charge in [-0.25, -0.2) is 4.98 Å². The fraction of sp³-hybridized carbons (Fsp3) is 0.190. The number of carbonyl (C=O) groups is 2. The van der Waals surface area contributed by atoms with Crippen molar-refractivity contribution < 1.29 is 9.59 Å². The van der Waals surface area contributed by atoms with Gasteiger partial charge in [0.2, 0.25) is 0 Å². The number of aryl methyl sites for hydroxylation is 1. The van der Waals surface area contributed by atoms with Gasteiger partial charge in [0.15, 0.2) is 0 Å². The second-order valence-electron chi connectivity index (χ2n) is 6.19. The summed E-state index contributed by atoms with van der Waals surface area (Å²) in [7, 11) is 0. The standard InChI is InChI=1S/C21H22N4O2/c1-15-14-18(16(2)25(15)19-10-6-7-11-22-19)21(27)24-13-12-23-20(26)17-8-4-3-5-9-17/h3-11,14H,12-13H2,1-2H3,(H,23,26)(H,24,27). The van der Waals surface area contributed by atoms with Crippen LogP contribution < -0.4 is 10.6 Å². The van der Waals surface area contributed by atoms with Gasteiger partial charge in [0, 0.05) is 36.2 Å². The van der Waals surface area contributed by atoms with Crippen LogP contribution in [0, 0.1) is 13.8 Å². The second kappa shape index (κ2) is 8.31. The molecule has 0 aliphatic rings. The van der Waals surface area contributed by atoms with E-state index in [0.29, 0.717) is 24.2 Å². The Balaban J connectivity index is 1.58. The molecule has 6 nitrogen and oxygen atoms in total. The number of carbonyl (C=O) groups excluding carboxylic acids is 2. The van der Waals surface area contributed by atoms with E-state index in [1.165, 1.54) is 0 Å². The first-order valence-electron chi connectivity index (χ1n) is 8.79. The third-order valence-corrected chi connectivity index (χ3v) is 4.29. The lowest BCUT2D eigenvalue weighted by Crippen LogP contribution is -2.34. The van der Waals surface area contributed by atoms with Gasteiger partial charge in [-0.3, -0.25) is 9.59 Å². The Labute approximate surface area is 158 Å². The van der Waals surface area contributed by atoms with Crippen LogP contribution in [0.5, 0.6) is 0 Å². The van der Waals surface area contributed by atoms with Crippen molar-refractivity contribution in [2.45, 2.75) is 13.8 Å². The van der Waals surface area contributed by atoms with Crippen LogP contribution in [0.2, 0.25) is 0 Å². The molecular formula is C21H22N4O2. The topological polar surface area (TPSA) is 76.0 Å². The van der Waals surface area contributed by atoms with Crippen molar-refractivity contribution in [3.63, 3.8) is 0 Å². The number of pyridine rings is 1. The van der Waals surface area contributed by atoms with Crippen molar-refractivity contribution in [2.24, 2.45) is 0 Å². The molecule has 6 heteroatoms. The molecule has 2 N–H and O–H groups in total. The first-order chi connectivity index (χ1) is 13.1. The molecule has 3 rings (SSSR count). The molecule has 0 radical (unpaired) electrons. The first kappa shape index (κ1) is 18.4. The molecule has 0 saturated carbocycles. The maximum atomic E-state index is 12.5. The zero-order valence-corrected chi connectivity index (χ0v) is 15.4. The van der Waals surface area contributed by atoms with E-state index < -0.39 is 0 Å². The Hall–Kier alpha value is -3.41. The molecule has 0 saturated heterocycles. The van der Waals surface area contributed by atoms with Crippen LogP contribution in [0.25, 0.3) is 5.82 Å². The predicted octanol–water partition coefficient (Wildman–Crippen LogP) is 2.65. The maximum absolute atomic E-state index is 12.5. The normalized spacial score (nSPS) is 10.4. The Kier molecular flexibility index (Phi) is 5.66. The van der Waals surface area contributed by atoms with Crippen LogP contribution in [0.4, 0.5) is 0 Å². The Morgan fingerprint density at radius 3 is 2.26 bits per heavy atom. The molecule has 1 aromatic carbocycles. The molecule has 0 aliphatic carbocycles. The molecule has 138 valence electrons. The van der Waals surface area contributed by atoms with Crippen LogP contribution >= 0.6 is 0 Å². The number of benzene rings is 1. The van der Waals surface area contributed by atoms with Crippen molar-refractivity contribution in [1.29, 1.82) is 0 Å². The number of rotatable bonds is 6. The highest BCUT2D eigenvalue weighted by Gasteiger charge is 2.16. The van der Waals surface area contributed by atoms with Crippen molar-refractivity contribution in [2.75, 3.05) is 13.1 Å². The summed E-state index contributed by atoms with van der Waals surface area (Å²) in [6.45, 7) is 4.55. The lowest BCUT2D eigenvalue weighted by molar-refractivity contribution is 0.0927. The van der Waals surface area contributed by atoms with Crippen molar-refractivity contribution in [3.8, 4) is 5.82 Å². The average Bonchev–Trinajstić information content (AvgIpc) is 3.00. The number of hydrogen-bond acceptors (Lipinski definition) is 3. The minimum absolute atomic E-state index is 0.154. The van der Waals surface area contributed by atoms with Gasteiger partial charge in [-0.2, -0.15) is 0 Å². The van der Waals surface area contributed by atoms with Gasteiger partial charge in [0.05, 0.1) is 5.56 Å². The van der Waals surface area contributed by atoms with E-state index in [1.807, 2.05) is 60.9 Å². The SMILES string of the molecule is Cc1cc(C(=O)NCCNC(=O)c2ccccc2)c(C)n1-c1ccccn1. The molecule has 0 spiro atoms. The Morgan fingerprint density at radius 1 is 0.926 bits per heavy atom. The van der Waals surface area contributed by atoms with Gasteiger partial charge < -0.3 is 15.2 Å². The summed E-state index contributed by atoms with van der Waals surface area (Å²) in [6.07, 6.45) is 1.73. The van der Waals surface area contributed by atoms with E-state index in [0.717, 1.165) is 17.2 Å². The number of nitrogens with zero attached hydrogens (tertiary/aromatic N) is 2. The summed E-state index contributed by atoms with van der Waals surface area (Å²) in [4.78, 5) is 28.9. The summed E-state index contributed by atoms with van der Waals surface area (Å²) in [6, 6.07) is 16.5. The average molecular weight is 362 g/mol. The smallest absolute Gasteiger partial charge is 0.253 e. The lowest BCUT2D eigenvalue weighted by atomic mass is 10.2. The molecule has 0 aliphatic heterocycles. The zero-order valence-electron chi connectivity index (χ0n) is 15.4. The molecule has 3 aromatic rings. The molecule has 27 heavy (non-hydrogen) atoms. The summed E-state index contributed by atoms with van der Waals surface area (Å²) >= 11 is 0. The molecule has 0 unspecified atom stereocenters. The van der Waals surface area contributed by atoms with E-state index >= 15 is 0 Å². The molecular weight excluding hydrogens is 340 g/mol. The van der Waals surface area contributed by atoms with Gasteiger partial charge in [-0.15, -0.1) is 0 Å². The van der Waals surface area contributed by atoms with Crippen molar-refractivity contribution in [3.05, 3.63) is 83.3 Å². The highest BCUT2D eigenvalue weighted by Crippen LogP contribution is 2.19. The minimum Gasteiger partial charge on any atom is -0.350 e. The van der Waals surface area contributed by atoms with E-state index in [9.17, 15) is 9.59 Å². The van der Waals surface area contributed by atoms with Crippen LogP contribution in [0.3, 0.4) is 0 Å². The van der Waals surface area contributed by atoms with Gasteiger partial charge in [-0.1, -0.05) is 24.3 Å². The fourth-order valence-electron chi connectivity index (χ4n) is 2.97. The van der Waals surface area contributed by atoms with Crippen LogP contribution in [-0.4, -0.2) is 34.5 Å². The van der Waals surface area contributed by atoms with E-state index in [1.54, 1.807) is 18.3 Å². The molecule has 0 fully saturated rings. The van der Waals surface area contributed by atoms with Crippen molar-refractivity contribution >= 4 is 11.8 Å². The third-order valence-electron chi connectivity index (χ3n) is 4.29. The quantitative estimate of drug-likeness (QED) is 0.662. The highest BCUT2D eigenvalue weighted by atomic mass is 16.2. The first-order valence-corrected chi connectivity index (χ1v) is 8.79. The number of aromatic nitrogens is 2. The van der Waals surface area contributed by atoms with Gasteiger partial charge >= 0.3 is 0 Å². The largest absolute Gasteiger partial charge is 0.350 e. The second-order valence-corrected chi connectivity index (χ2v) is 6.19. The van der Waals surface area contributed by atoms with Crippen LogP contribution in [0.15, 0.2) is 60.8 Å². The number of hydrogen-bond donors (Lipinski definition) is 2. The highest BCUT2D eigenvalue weighted by molar-refractivity contribution is 5.96. The monoisotopic (exact) mass is 362 g/mol. The maximum Gasteiger partial charge on any atom is 0.253 e. The lowest BCUT2D eigenvalue weighted by Gasteiger charge is -2.09. The third kappa shape index (κ3) is 4.23. The number of amides is 2. The van der Waals surface area contributed by atoms with Gasteiger partial charge in [0.25, 0.3) is 11.8 Å². The minimum atomic E-state index is -0.167. The molecule has 2 aromatic heterocycles. The predicted molar refractivity (Wildman–Crippen MR) is 104 cm³/mol. The van der Waals surface area contributed by atoms with Crippen LogP contribution in [-0.2, 0) is 0 Å². The van der Waals surface area contributed by atoms with E-state index in [-0.39, 0.29) is 11.8 Å². The van der Waals surface area contributed by atoms with Gasteiger partial charge in [-0.05, 0) is 44.2 Å². The van der Waals surface area contributed by atoms with Crippen molar-refractivity contribution in [1.82, 2.24) is 20.2 Å². The molecule has 2 amide bonds. The summed E-state index contributed by atoms with van der Waals surface area (Å²) in [5.74, 6) is 0.457. The fourth-order valence-corrected chi connectivity index (χ4v) is 2.97. The Bertz CT molecular complexity index is 934. The van der Waals surface area contributed by atoms with Crippen LogP contribution in [0.1, 0.15) is 32.1 Å². The number of nitrogens with one attached hydrogen (secondary N) is 2. The molecule has 0 bridgehead atoms. The summed E-state index contributed by atoms with van der Waals surface area (Å²) in [5, 5.41) is 5.65. The molecule has 0 atom stereocenters. The van der Waals surface area contributed by atoms with E-state index in [4.69, 9.17) is 0 Å². The molecule has 2 heterocycles. The van der Waals surface area contributed by atoms with Gasteiger partial charge in [0.1, 0.15) is 5.82 Å². The zero-order chi connectivity index (χ0) is 19.2. The summed E-state index contributed by atoms with van der Waals surface area (Å²) in [5.41, 5.74) is 2.97. The van der Waals surface area contributed by atoms with E-state index in [2.05, 4.69) is 15.6 Å². The Morgan fingerprint density at radius 2 is 1.59 bits per heavy atom. The summed E-state index contributed by atoms with van der Waals surface area (Å²) < 4.78 is 1.95.